The molecule has 0 unspecified atom stereocenters. The molecular formula is C20H26FN3O3. The van der Waals surface area contributed by atoms with Crippen LogP contribution in [0, 0.1) is 11.2 Å². The molecule has 0 aliphatic heterocycles. The smallest absolute Gasteiger partial charge is 0.259 e. The number of rotatable bonds is 6. The maximum atomic E-state index is 13.8. The Morgan fingerprint density at radius 2 is 2.07 bits per heavy atom. The van der Waals surface area contributed by atoms with Gasteiger partial charge in [-0.3, -0.25) is 4.79 Å². The van der Waals surface area contributed by atoms with Crippen molar-refractivity contribution in [3.63, 3.8) is 0 Å². The van der Waals surface area contributed by atoms with Crippen molar-refractivity contribution < 1.29 is 18.4 Å². The molecule has 1 heterocycles. The third-order valence-corrected chi connectivity index (χ3v) is 5.22. The molecule has 7 heteroatoms. The van der Waals surface area contributed by atoms with Crippen molar-refractivity contribution in [1.29, 1.82) is 0 Å². The van der Waals surface area contributed by atoms with Gasteiger partial charge in [-0.05, 0) is 36.5 Å². The third kappa shape index (κ3) is 3.91. The number of nitrogens with zero attached hydrogens (tertiary/aromatic N) is 2. The average Bonchev–Trinajstić information content (AvgIpc) is 3.27. The summed E-state index contributed by atoms with van der Waals surface area (Å²) in [5, 5.41) is 7.09. The van der Waals surface area contributed by atoms with Crippen LogP contribution in [-0.2, 0) is 0 Å². The van der Waals surface area contributed by atoms with Crippen LogP contribution >= 0.6 is 0 Å². The van der Waals surface area contributed by atoms with Gasteiger partial charge in [0.05, 0.1) is 7.11 Å². The lowest BCUT2D eigenvalue weighted by Crippen LogP contribution is -2.34. The number of halogens is 1. The monoisotopic (exact) mass is 375 g/mol. The highest BCUT2D eigenvalue weighted by Gasteiger charge is 2.31. The second-order valence-corrected chi connectivity index (χ2v) is 7.65. The number of hydrogen-bond acceptors (Lipinski definition) is 5. The molecule has 2 aromatic rings. The molecule has 27 heavy (non-hydrogen) atoms. The van der Waals surface area contributed by atoms with Gasteiger partial charge in [0, 0.05) is 26.2 Å². The Labute approximate surface area is 158 Å². The molecule has 0 bridgehead atoms. The van der Waals surface area contributed by atoms with Gasteiger partial charge in [0.15, 0.2) is 23.1 Å². The quantitative estimate of drug-likeness (QED) is 0.830. The van der Waals surface area contributed by atoms with Crippen molar-refractivity contribution in [2.75, 3.05) is 32.6 Å². The Bertz CT molecular complexity index is 826. The first-order chi connectivity index (χ1) is 12.8. The number of ether oxygens (including phenoxy) is 1. The van der Waals surface area contributed by atoms with E-state index in [9.17, 15) is 9.18 Å². The summed E-state index contributed by atoms with van der Waals surface area (Å²) in [6.45, 7) is 2.81. The Morgan fingerprint density at radius 1 is 1.37 bits per heavy atom. The number of benzene rings is 1. The minimum absolute atomic E-state index is 0.0835. The van der Waals surface area contributed by atoms with Gasteiger partial charge >= 0.3 is 0 Å². The first-order valence-electron chi connectivity index (χ1n) is 9.14. The van der Waals surface area contributed by atoms with Crippen LogP contribution < -0.4 is 15.0 Å². The van der Waals surface area contributed by atoms with E-state index in [-0.39, 0.29) is 17.1 Å². The lowest BCUT2D eigenvalue weighted by molar-refractivity contribution is 0.0935. The summed E-state index contributed by atoms with van der Waals surface area (Å²) in [5.74, 6) is 0.0914. The second-order valence-electron chi connectivity index (χ2n) is 7.65. The molecule has 1 aromatic heterocycles. The van der Waals surface area contributed by atoms with Gasteiger partial charge < -0.3 is 19.5 Å². The van der Waals surface area contributed by atoms with Crippen LogP contribution in [0.1, 0.15) is 43.0 Å². The Kier molecular flexibility index (Phi) is 5.39. The van der Waals surface area contributed by atoms with Crippen molar-refractivity contribution in [2.24, 2.45) is 5.41 Å². The molecule has 1 aliphatic rings. The number of hydrogen-bond donors (Lipinski definition) is 1. The lowest BCUT2D eigenvalue weighted by atomic mass is 9.89. The van der Waals surface area contributed by atoms with Crippen LogP contribution in [0.3, 0.4) is 0 Å². The first-order valence-corrected chi connectivity index (χ1v) is 9.14. The molecule has 1 fully saturated rings. The highest BCUT2D eigenvalue weighted by Crippen LogP contribution is 2.37. The minimum Gasteiger partial charge on any atom is -0.494 e. The Hall–Kier alpha value is -2.57. The number of amides is 1. The molecule has 146 valence electrons. The summed E-state index contributed by atoms with van der Waals surface area (Å²) >= 11 is 0. The predicted molar refractivity (Wildman–Crippen MR) is 102 cm³/mol. The van der Waals surface area contributed by atoms with E-state index in [0.717, 1.165) is 12.8 Å². The molecule has 0 spiro atoms. The Balaban J connectivity index is 1.93. The normalized spacial score (nSPS) is 15.6. The van der Waals surface area contributed by atoms with Crippen molar-refractivity contribution in [3.8, 4) is 17.1 Å². The molecule has 6 nitrogen and oxygen atoms in total. The van der Waals surface area contributed by atoms with Gasteiger partial charge in [-0.2, -0.15) is 0 Å². The molecule has 0 atom stereocenters. The topological polar surface area (TPSA) is 67.6 Å². The summed E-state index contributed by atoms with van der Waals surface area (Å²) in [4.78, 5) is 14.7. The molecule has 3 rings (SSSR count). The van der Waals surface area contributed by atoms with Crippen molar-refractivity contribution >= 4 is 11.7 Å². The summed E-state index contributed by atoms with van der Waals surface area (Å²) in [5.41, 5.74) is 1.01. The summed E-state index contributed by atoms with van der Waals surface area (Å²) in [6.07, 6.45) is 4.62. The highest BCUT2D eigenvalue weighted by molar-refractivity contribution is 6.04. The summed E-state index contributed by atoms with van der Waals surface area (Å²) < 4.78 is 24.3. The number of nitrogens with one attached hydrogen (secondary N) is 1. The van der Waals surface area contributed by atoms with E-state index >= 15 is 0 Å². The number of anilines is 1. The molecule has 1 aliphatic carbocycles. The van der Waals surface area contributed by atoms with E-state index in [0.29, 0.717) is 29.2 Å². The van der Waals surface area contributed by atoms with Crippen molar-refractivity contribution in [3.05, 3.63) is 29.6 Å². The zero-order valence-corrected chi connectivity index (χ0v) is 16.3. The van der Waals surface area contributed by atoms with Gasteiger partial charge in [0.1, 0.15) is 5.56 Å². The lowest BCUT2D eigenvalue weighted by Gasteiger charge is -2.23. The van der Waals surface area contributed by atoms with Gasteiger partial charge in [-0.15, -0.1) is 0 Å². The van der Waals surface area contributed by atoms with Gasteiger partial charge in [0.25, 0.3) is 5.91 Å². The van der Waals surface area contributed by atoms with Gasteiger partial charge in [0.2, 0.25) is 0 Å². The van der Waals surface area contributed by atoms with Crippen LogP contribution in [0.2, 0.25) is 0 Å². The average molecular weight is 375 g/mol. The predicted octanol–water partition coefficient (Wildman–Crippen LogP) is 3.87. The third-order valence-electron chi connectivity index (χ3n) is 5.22. The fraction of sp³-hybridized carbons (Fsp3) is 0.500. The fourth-order valence-electron chi connectivity index (χ4n) is 3.58. The molecule has 0 saturated heterocycles. The number of methoxy groups -OCH3 is 1. The van der Waals surface area contributed by atoms with Crippen LogP contribution in [0.4, 0.5) is 10.2 Å². The van der Waals surface area contributed by atoms with Crippen LogP contribution in [-0.4, -0.2) is 38.8 Å². The second kappa shape index (κ2) is 7.58. The SMILES string of the molecule is COc1cc(-c2onc(N(C)C)c2C(=O)NCC2(C)CCCC2)ccc1F. The van der Waals surface area contributed by atoms with Gasteiger partial charge in [-0.25, -0.2) is 4.39 Å². The van der Waals surface area contributed by atoms with Crippen LogP contribution in [0.15, 0.2) is 22.7 Å². The van der Waals surface area contributed by atoms with Crippen LogP contribution in [0.5, 0.6) is 5.75 Å². The molecule has 0 radical (unpaired) electrons. The molecule has 1 amide bonds. The van der Waals surface area contributed by atoms with Crippen molar-refractivity contribution in [2.45, 2.75) is 32.6 Å². The van der Waals surface area contributed by atoms with E-state index in [4.69, 9.17) is 9.26 Å². The van der Waals surface area contributed by atoms with E-state index in [1.807, 2.05) is 0 Å². The van der Waals surface area contributed by atoms with Crippen molar-refractivity contribution in [1.82, 2.24) is 10.5 Å². The van der Waals surface area contributed by atoms with Crippen LogP contribution in [0.25, 0.3) is 11.3 Å². The molecule has 1 aromatic carbocycles. The number of carbonyl (C=O) groups excluding carboxylic acids is 1. The Morgan fingerprint density at radius 3 is 2.70 bits per heavy atom. The largest absolute Gasteiger partial charge is 0.494 e. The zero-order chi connectivity index (χ0) is 19.6. The number of aromatic nitrogens is 1. The number of carbonyl (C=O) groups is 1. The van der Waals surface area contributed by atoms with E-state index in [1.165, 1.54) is 32.1 Å². The molecule has 1 saturated carbocycles. The zero-order valence-electron chi connectivity index (χ0n) is 16.3. The maximum absolute atomic E-state index is 13.8. The van der Waals surface area contributed by atoms with E-state index in [1.54, 1.807) is 25.1 Å². The molecular weight excluding hydrogens is 349 g/mol. The minimum atomic E-state index is -0.478. The summed E-state index contributed by atoms with van der Waals surface area (Å²) in [7, 11) is 4.98. The standard InChI is InChI=1S/C20H26FN3O3/c1-20(9-5-6-10-20)12-22-19(25)16-17(27-23-18(16)24(2)3)13-7-8-14(21)15(11-13)26-4/h7-8,11H,5-6,9-10,12H2,1-4H3,(H,22,25). The fourth-order valence-corrected chi connectivity index (χ4v) is 3.58. The summed E-state index contributed by atoms with van der Waals surface area (Å²) in [6, 6.07) is 4.34. The molecule has 1 N–H and O–H groups in total. The maximum Gasteiger partial charge on any atom is 0.259 e. The first kappa shape index (κ1) is 19.2. The van der Waals surface area contributed by atoms with E-state index < -0.39 is 5.82 Å². The highest BCUT2D eigenvalue weighted by atomic mass is 19.1. The van der Waals surface area contributed by atoms with E-state index in [2.05, 4.69) is 17.4 Å². The van der Waals surface area contributed by atoms with Gasteiger partial charge in [-0.1, -0.05) is 24.9 Å².